The molecule has 1 aliphatic rings. The fraction of sp³-hybridized carbons (Fsp3) is 0.786. The lowest BCUT2D eigenvalue weighted by Crippen LogP contribution is -2.17. The molecule has 0 radical (unpaired) electrons. The molecule has 0 aliphatic heterocycles. The van der Waals surface area contributed by atoms with Crippen LogP contribution in [0.25, 0.3) is 0 Å². The maximum Gasteiger partial charge on any atom is 0.310 e. The molecule has 0 N–H and O–H groups in total. The van der Waals surface area contributed by atoms with Crippen LogP contribution in [-0.2, 0) is 9.53 Å². The largest absolute Gasteiger partial charge is 0.462 e. The van der Waals surface area contributed by atoms with Crippen LogP contribution in [0.1, 0.15) is 48.0 Å². The first-order valence-electron chi connectivity index (χ1n) is 6.16. The lowest BCUT2D eigenvalue weighted by Gasteiger charge is -2.11. The topological polar surface area (TPSA) is 26.3 Å². The Kier molecular flexibility index (Phi) is 3.82. The van der Waals surface area contributed by atoms with Gasteiger partial charge < -0.3 is 4.74 Å². The zero-order valence-corrected chi connectivity index (χ0v) is 11.3. The molecule has 16 heavy (non-hydrogen) atoms. The van der Waals surface area contributed by atoms with Gasteiger partial charge in [0, 0.05) is 0 Å². The van der Waals surface area contributed by atoms with E-state index in [-0.39, 0.29) is 23.4 Å². The van der Waals surface area contributed by atoms with Crippen LogP contribution in [0.4, 0.5) is 0 Å². The summed E-state index contributed by atoms with van der Waals surface area (Å²) in [4.78, 5) is 11.9. The van der Waals surface area contributed by atoms with Crippen LogP contribution in [0.2, 0.25) is 0 Å². The molecule has 0 amide bonds. The van der Waals surface area contributed by atoms with Gasteiger partial charge in [-0.3, -0.25) is 4.79 Å². The normalized spacial score (nSPS) is 28.1. The summed E-state index contributed by atoms with van der Waals surface area (Å²) in [5.41, 5.74) is 1.35. The highest BCUT2D eigenvalue weighted by molar-refractivity contribution is 5.78. The highest BCUT2D eigenvalue weighted by Crippen LogP contribution is 2.59. The third-order valence-electron chi connectivity index (χ3n) is 3.57. The Morgan fingerprint density at radius 1 is 1.44 bits per heavy atom. The number of ether oxygens (including phenoxy) is 1. The van der Waals surface area contributed by atoms with E-state index in [0.717, 1.165) is 6.42 Å². The third-order valence-corrected chi connectivity index (χ3v) is 3.57. The minimum atomic E-state index is -0.0261. The van der Waals surface area contributed by atoms with Crippen molar-refractivity contribution < 1.29 is 9.53 Å². The molecule has 0 aromatic heterocycles. The minimum Gasteiger partial charge on any atom is -0.462 e. The molecular formula is C14H24O2. The molecule has 0 heterocycles. The van der Waals surface area contributed by atoms with E-state index in [9.17, 15) is 4.79 Å². The predicted octanol–water partition coefficient (Wildman–Crippen LogP) is 3.57. The summed E-state index contributed by atoms with van der Waals surface area (Å²) < 4.78 is 5.40. The Labute approximate surface area is 99.1 Å². The molecule has 92 valence electrons. The van der Waals surface area contributed by atoms with Gasteiger partial charge in [0.25, 0.3) is 0 Å². The van der Waals surface area contributed by atoms with Crippen LogP contribution < -0.4 is 0 Å². The summed E-state index contributed by atoms with van der Waals surface area (Å²) in [5, 5.41) is 0. The van der Waals surface area contributed by atoms with E-state index < -0.39 is 0 Å². The fourth-order valence-corrected chi connectivity index (χ4v) is 2.15. The van der Waals surface area contributed by atoms with Gasteiger partial charge in [-0.15, -0.1) is 0 Å². The number of esters is 1. The molecule has 1 rings (SSSR count). The van der Waals surface area contributed by atoms with Crippen molar-refractivity contribution in [3.8, 4) is 0 Å². The van der Waals surface area contributed by atoms with Crippen molar-refractivity contribution in [3.63, 3.8) is 0 Å². The summed E-state index contributed by atoms with van der Waals surface area (Å²) in [6.45, 7) is 12.4. The Bertz CT molecular complexity index is 298. The SMILES string of the molecule is CC[C@@H](C)OC(=O)[C@H]1[C@H](C=C(C)C)C1(C)C. The predicted molar refractivity (Wildman–Crippen MR) is 66.0 cm³/mol. The lowest BCUT2D eigenvalue weighted by atomic mass is 10.1. The van der Waals surface area contributed by atoms with Crippen LogP contribution in [0.15, 0.2) is 11.6 Å². The fourth-order valence-electron chi connectivity index (χ4n) is 2.15. The first-order chi connectivity index (χ1) is 7.30. The highest BCUT2D eigenvalue weighted by Gasteiger charge is 2.61. The highest BCUT2D eigenvalue weighted by atomic mass is 16.5. The van der Waals surface area contributed by atoms with E-state index in [4.69, 9.17) is 4.74 Å². The summed E-state index contributed by atoms with van der Waals surface area (Å²) in [6.07, 6.45) is 3.12. The standard InChI is InChI=1S/C14H24O2/c1-7-10(4)16-13(15)12-11(8-9(2)3)14(12,5)6/h8,10-12H,7H2,1-6H3/t10-,11+,12-/m1/s1. The number of carbonyl (C=O) groups excluding carboxylic acids is 1. The van der Waals surface area contributed by atoms with Gasteiger partial charge >= 0.3 is 5.97 Å². The molecule has 1 saturated carbocycles. The van der Waals surface area contributed by atoms with Crippen LogP contribution >= 0.6 is 0 Å². The zero-order valence-electron chi connectivity index (χ0n) is 11.3. The first-order valence-corrected chi connectivity index (χ1v) is 6.16. The summed E-state index contributed by atoms with van der Waals surface area (Å²) in [7, 11) is 0. The van der Waals surface area contributed by atoms with Crippen molar-refractivity contribution in [2.75, 3.05) is 0 Å². The molecular weight excluding hydrogens is 200 g/mol. The number of allylic oxidation sites excluding steroid dienone is 2. The molecule has 0 spiro atoms. The van der Waals surface area contributed by atoms with Gasteiger partial charge in [-0.2, -0.15) is 0 Å². The summed E-state index contributed by atoms with van der Waals surface area (Å²) in [6, 6.07) is 0. The second-order valence-electron chi connectivity index (χ2n) is 5.72. The van der Waals surface area contributed by atoms with Crippen LogP contribution in [0.3, 0.4) is 0 Å². The molecule has 2 heteroatoms. The zero-order chi connectivity index (χ0) is 12.5. The van der Waals surface area contributed by atoms with Crippen molar-refractivity contribution in [1.82, 2.24) is 0 Å². The van der Waals surface area contributed by atoms with Crippen LogP contribution in [0.5, 0.6) is 0 Å². The van der Waals surface area contributed by atoms with Gasteiger partial charge in [-0.25, -0.2) is 0 Å². The van der Waals surface area contributed by atoms with Gasteiger partial charge in [0.2, 0.25) is 0 Å². The second-order valence-corrected chi connectivity index (χ2v) is 5.72. The van der Waals surface area contributed by atoms with Crippen molar-refractivity contribution in [1.29, 1.82) is 0 Å². The number of hydrogen-bond donors (Lipinski definition) is 0. The third kappa shape index (κ3) is 2.66. The van der Waals surface area contributed by atoms with Gasteiger partial charge in [0.1, 0.15) is 0 Å². The number of rotatable bonds is 4. The molecule has 1 fully saturated rings. The van der Waals surface area contributed by atoms with E-state index in [2.05, 4.69) is 33.8 Å². The van der Waals surface area contributed by atoms with Gasteiger partial charge in [-0.1, -0.05) is 32.4 Å². The van der Waals surface area contributed by atoms with E-state index in [1.165, 1.54) is 5.57 Å². The Balaban J connectivity index is 2.63. The van der Waals surface area contributed by atoms with Crippen LogP contribution in [-0.4, -0.2) is 12.1 Å². The summed E-state index contributed by atoms with van der Waals surface area (Å²) in [5.74, 6) is 0.382. The molecule has 0 saturated heterocycles. The molecule has 2 nitrogen and oxygen atoms in total. The molecule has 3 atom stereocenters. The van der Waals surface area contributed by atoms with E-state index >= 15 is 0 Å². The summed E-state index contributed by atoms with van der Waals surface area (Å²) >= 11 is 0. The van der Waals surface area contributed by atoms with Gasteiger partial charge in [0.05, 0.1) is 12.0 Å². The molecule has 0 unspecified atom stereocenters. The molecule has 0 bridgehead atoms. The number of carbonyl (C=O) groups is 1. The molecule has 1 aliphatic carbocycles. The minimum absolute atomic E-state index is 0.0261. The van der Waals surface area contributed by atoms with Crippen LogP contribution in [0, 0.1) is 17.3 Å². The van der Waals surface area contributed by atoms with E-state index in [1.54, 1.807) is 0 Å². The first kappa shape index (κ1) is 13.3. The van der Waals surface area contributed by atoms with Crippen molar-refractivity contribution in [2.45, 2.75) is 54.1 Å². The van der Waals surface area contributed by atoms with Gasteiger partial charge in [0.15, 0.2) is 0 Å². The van der Waals surface area contributed by atoms with Crippen molar-refractivity contribution >= 4 is 5.97 Å². The quantitative estimate of drug-likeness (QED) is 0.539. The lowest BCUT2D eigenvalue weighted by molar-refractivity contribution is -0.150. The molecule has 0 aromatic carbocycles. The molecule has 0 aromatic rings. The Hall–Kier alpha value is -0.790. The second kappa shape index (κ2) is 4.60. The van der Waals surface area contributed by atoms with Gasteiger partial charge in [-0.05, 0) is 38.5 Å². The number of hydrogen-bond acceptors (Lipinski definition) is 2. The maximum absolute atomic E-state index is 11.9. The maximum atomic E-state index is 11.9. The Morgan fingerprint density at radius 2 is 2.00 bits per heavy atom. The van der Waals surface area contributed by atoms with Crippen molar-refractivity contribution in [2.24, 2.45) is 17.3 Å². The monoisotopic (exact) mass is 224 g/mol. The van der Waals surface area contributed by atoms with E-state index in [1.807, 2.05) is 13.8 Å². The van der Waals surface area contributed by atoms with E-state index in [0.29, 0.717) is 5.92 Å². The average Bonchev–Trinajstić information content (AvgIpc) is 2.66. The smallest absolute Gasteiger partial charge is 0.310 e. The average molecular weight is 224 g/mol. The van der Waals surface area contributed by atoms with Crippen molar-refractivity contribution in [3.05, 3.63) is 11.6 Å². The Morgan fingerprint density at radius 3 is 2.44 bits per heavy atom.